The van der Waals surface area contributed by atoms with E-state index in [0.717, 1.165) is 79.0 Å². The first-order valence-corrected chi connectivity index (χ1v) is 18.6. The summed E-state index contributed by atoms with van der Waals surface area (Å²) in [6, 6.07) is 16.7. The summed E-state index contributed by atoms with van der Waals surface area (Å²) in [6.45, 7) is 7.94. The van der Waals surface area contributed by atoms with Crippen LogP contribution >= 0.6 is 0 Å². The van der Waals surface area contributed by atoms with Gasteiger partial charge in [-0.1, -0.05) is 43.3 Å². The van der Waals surface area contributed by atoms with Crippen molar-refractivity contribution < 1.29 is 19.4 Å². The molecule has 8 heteroatoms. The van der Waals surface area contributed by atoms with Crippen molar-refractivity contribution >= 4 is 11.7 Å². The van der Waals surface area contributed by atoms with E-state index in [0.29, 0.717) is 6.04 Å². The number of benzene rings is 2. The van der Waals surface area contributed by atoms with Crippen LogP contribution in [-0.2, 0) is 16.1 Å². The van der Waals surface area contributed by atoms with Gasteiger partial charge in [0.25, 0.3) is 0 Å². The Hall–Kier alpha value is -2.49. The fourth-order valence-electron chi connectivity index (χ4n) is 10.6. The molecule has 3 heterocycles. The van der Waals surface area contributed by atoms with E-state index in [9.17, 15) is 9.90 Å². The van der Waals surface area contributed by atoms with Crippen LogP contribution in [0.3, 0.4) is 0 Å². The fourth-order valence-corrected chi connectivity index (χ4v) is 10.6. The highest BCUT2D eigenvalue weighted by molar-refractivity contribution is 5.89. The van der Waals surface area contributed by atoms with Gasteiger partial charge in [-0.25, -0.2) is 4.79 Å². The first-order chi connectivity index (χ1) is 22.9. The Morgan fingerprint density at radius 1 is 0.851 bits per heavy atom. The van der Waals surface area contributed by atoms with Gasteiger partial charge < -0.3 is 30.1 Å². The monoisotopic (exact) mass is 642 g/mol. The molecular weight excluding hydrogens is 588 g/mol. The molecule has 254 valence electrons. The number of likely N-dealkylation sites (tertiary alicyclic amines) is 2. The molecule has 0 spiro atoms. The summed E-state index contributed by atoms with van der Waals surface area (Å²) in [6.07, 6.45) is 12.0. The number of amides is 2. The zero-order valence-electron chi connectivity index (χ0n) is 28.1. The van der Waals surface area contributed by atoms with E-state index in [1.54, 1.807) is 0 Å². The number of hydrogen-bond donors (Lipinski definition) is 3. The number of carbonyl (C=O) groups excluding carboxylic acids is 1. The van der Waals surface area contributed by atoms with Crippen LogP contribution in [0.5, 0.6) is 0 Å². The Bertz CT molecular complexity index is 1340. The van der Waals surface area contributed by atoms with Gasteiger partial charge in [0.2, 0.25) is 0 Å². The largest absolute Gasteiger partial charge is 0.392 e. The molecular formula is C39H54N4O4. The number of ether oxygens (including phenoxy) is 2. The zero-order valence-corrected chi connectivity index (χ0v) is 28.1. The summed E-state index contributed by atoms with van der Waals surface area (Å²) in [5.74, 6) is 2.54. The number of hydrogen-bond acceptors (Lipinski definition) is 6. The second kappa shape index (κ2) is 13.4. The van der Waals surface area contributed by atoms with E-state index in [-0.39, 0.29) is 36.3 Å². The van der Waals surface area contributed by atoms with Crippen LogP contribution in [-0.4, -0.2) is 71.3 Å². The number of aliphatic hydroxyl groups is 1. The average Bonchev–Trinajstić information content (AvgIpc) is 3.74. The van der Waals surface area contributed by atoms with Crippen molar-refractivity contribution in [3.63, 3.8) is 0 Å². The second-order valence-electron chi connectivity index (χ2n) is 16.0. The standard InChI is InChI=1S/C39H54N4O4/c1-26-35(24-43-16-4-5-34(43)23-42-14-2-3-15-42)46-37(47-36(26)31-8-6-27(25-44)7-9-31)32-10-12-33(13-11-32)40-38(45)41-39-20-28-17-29(21-39)19-30(18-28)22-39/h6-13,26,28-30,34-37,44H,2-5,14-25H2,1H3,(H2,40,41,45)/t26-,28?,29?,30?,34+,35+,36+,37+,39?/m1/s1. The van der Waals surface area contributed by atoms with Crippen LogP contribution in [0.4, 0.5) is 10.5 Å². The summed E-state index contributed by atoms with van der Waals surface area (Å²) < 4.78 is 13.6. The molecule has 0 radical (unpaired) electrons. The topological polar surface area (TPSA) is 86.3 Å². The fraction of sp³-hybridized carbons (Fsp3) is 0.667. The third-order valence-electron chi connectivity index (χ3n) is 12.6. The van der Waals surface area contributed by atoms with Gasteiger partial charge in [0, 0.05) is 41.8 Å². The summed E-state index contributed by atoms with van der Waals surface area (Å²) in [5.41, 5.74) is 3.75. The maximum Gasteiger partial charge on any atom is 0.319 e. The summed E-state index contributed by atoms with van der Waals surface area (Å²) in [4.78, 5) is 18.5. The highest BCUT2D eigenvalue weighted by Gasteiger charge is 2.51. The lowest BCUT2D eigenvalue weighted by atomic mass is 9.53. The molecule has 3 saturated heterocycles. The van der Waals surface area contributed by atoms with Gasteiger partial charge >= 0.3 is 6.03 Å². The Kier molecular flexibility index (Phi) is 9.08. The van der Waals surface area contributed by atoms with E-state index in [2.05, 4.69) is 39.5 Å². The summed E-state index contributed by atoms with van der Waals surface area (Å²) in [7, 11) is 0. The summed E-state index contributed by atoms with van der Waals surface area (Å²) in [5, 5.41) is 16.2. The minimum atomic E-state index is -0.506. The van der Waals surface area contributed by atoms with Gasteiger partial charge in [0.1, 0.15) is 0 Å². The number of anilines is 1. The highest BCUT2D eigenvalue weighted by atomic mass is 16.7. The van der Waals surface area contributed by atoms with Crippen molar-refractivity contribution in [1.29, 1.82) is 0 Å². The number of rotatable bonds is 9. The predicted molar refractivity (Wildman–Crippen MR) is 183 cm³/mol. The van der Waals surface area contributed by atoms with E-state index < -0.39 is 6.29 Å². The average molecular weight is 643 g/mol. The van der Waals surface area contributed by atoms with Crippen LogP contribution in [0.1, 0.15) is 100 Å². The molecule has 3 N–H and O–H groups in total. The van der Waals surface area contributed by atoms with Crippen LogP contribution in [0.15, 0.2) is 48.5 Å². The van der Waals surface area contributed by atoms with Gasteiger partial charge in [-0.2, -0.15) is 0 Å². The van der Waals surface area contributed by atoms with Crippen LogP contribution in [0.2, 0.25) is 0 Å². The SMILES string of the molecule is C[C@@H]1[C@H](CN2CCC[C@H]2CN2CCCC2)O[C@H](c2ccc(NC(=O)NC34CC5CC(CC(C5)C3)C4)cc2)O[C@@H]1c1ccc(CO)cc1. The highest BCUT2D eigenvalue weighted by Crippen LogP contribution is 2.55. The summed E-state index contributed by atoms with van der Waals surface area (Å²) >= 11 is 0. The van der Waals surface area contributed by atoms with Crippen LogP contribution in [0, 0.1) is 23.7 Å². The van der Waals surface area contributed by atoms with Crippen molar-refractivity contribution in [3.8, 4) is 0 Å². The van der Waals surface area contributed by atoms with Crippen molar-refractivity contribution in [1.82, 2.24) is 15.1 Å². The molecule has 3 aliphatic heterocycles. The van der Waals surface area contributed by atoms with E-state index in [1.165, 1.54) is 58.0 Å². The minimum Gasteiger partial charge on any atom is -0.392 e. The maximum atomic E-state index is 13.2. The van der Waals surface area contributed by atoms with E-state index in [4.69, 9.17) is 9.47 Å². The number of carbonyl (C=O) groups is 1. The van der Waals surface area contributed by atoms with Gasteiger partial charge in [-0.3, -0.25) is 4.90 Å². The third kappa shape index (κ3) is 6.86. The van der Waals surface area contributed by atoms with Crippen molar-refractivity contribution in [2.75, 3.05) is 38.0 Å². The number of aliphatic hydroxyl groups excluding tert-OH is 1. The van der Waals surface area contributed by atoms with Crippen LogP contribution in [0.25, 0.3) is 0 Å². The molecule has 8 nitrogen and oxygen atoms in total. The Morgan fingerprint density at radius 2 is 1.51 bits per heavy atom. The lowest BCUT2D eigenvalue weighted by Crippen LogP contribution is -2.60. The first-order valence-electron chi connectivity index (χ1n) is 18.6. The Labute approximate surface area is 280 Å². The molecule has 2 aromatic carbocycles. The Balaban J connectivity index is 0.957. The molecule has 4 saturated carbocycles. The quantitative estimate of drug-likeness (QED) is 0.285. The molecule has 2 aromatic rings. The van der Waals surface area contributed by atoms with E-state index in [1.807, 2.05) is 36.4 Å². The first kappa shape index (κ1) is 31.8. The van der Waals surface area contributed by atoms with Gasteiger partial charge in [-0.05, 0) is 125 Å². The number of nitrogens with one attached hydrogen (secondary N) is 2. The Morgan fingerprint density at radius 3 is 2.17 bits per heavy atom. The molecule has 7 fully saturated rings. The molecule has 9 rings (SSSR count). The predicted octanol–water partition coefficient (Wildman–Crippen LogP) is 6.62. The number of urea groups is 1. The van der Waals surface area contributed by atoms with Gasteiger partial charge in [-0.15, -0.1) is 0 Å². The van der Waals surface area contributed by atoms with Crippen molar-refractivity contribution in [3.05, 3.63) is 65.2 Å². The van der Waals surface area contributed by atoms with Crippen LogP contribution < -0.4 is 10.6 Å². The second-order valence-corrected chi connectivity index (χ2v) is 16.0. The molecule has 0 aromatic heterocycles. The molecule has 4 bridgehead atoms. The van der Waals surface area contributed by atoms with E-state index >= 15 is 0 Å². The van der Waals surface area contributed by atoms with Crippen molar-refractivity contribution in [2.24, 2.45) is 23.7 Å². The minimum absolute atomic E-state index is 0.0124. The molecule has 2 amide bonds. The lowest BCUT2D eigenvalue weighted by Gasteiger charge is -2.56. The number of nitrogens with zero attached hydrogens (tertiary/aromatic N) is 2. The van der Waals surface area contributed by atoms with Gasteiger partial charge in [0.15, 0.2) is 6.29 Å². The molecule has 7 aliphatic rings. The molecule has 4 aliphatic carbocycles. The third-order valence-corrected chi connectivity index (χ3v) is 12.6. The lowest BCUT2D eigenvalue weighted by molar-refractivity contribution is -0.276. The van der Waals surface area contributed by atoms with Gasteiger partial charge in [0.05, 0.1) is 18.8 Å². The van der Waals surface area contributed by atoms with Crippen molar-refractivity contribution in [2.45, 2.75) is 108 Å². The maximum absolute atomic E-state index is 13.2. The molecule has 47 heavy (non-hydrogen) atoms. The molecule has 0 unspecified atom stereocenters. The smallest absolute Gasteiger partial charge is 0.319 e. The zero-order chi connectivity index (χ0) is 32.0. The normalized spacial score (nSPS) is 37.0. The molecule has 5 atom stereocenters.